The fraction of sp³-hybridized carbons (Fsp3) is 0.833. The second-order valence-electron chi connectivity index (χ2n) is 5.24. The first kappa shape index (κ1) is 13.7. The van der Waals surface area contributed by atoms with Crippen LogP contribution in [0.4, 0.5) is 0 Å². The quantitative estimate of drug-likeness (QED) is 0.709. The molecule has 0 bridgehead atoms. The average molecular weight is 271 g/mol. The van der Waals surface area contributed by atoms with Crippen molar-refractivity contribution in [1.82, 2.24) is 10.2 Å². The van der Waals surface area contributed by atoms with Crippen molar-refractivity contribution in [2.75, 3.05) is 26.7 Å². The van der Waals surface area contributed by atoms with E-state index < -0.39 is 5.54 Å². The number of piperidine rings is 1. The van der Waals surface area contributed by atoms with E-state index in [1.54, 1.807) is 0 Å². The molecule has 2 aliphatic heterocycles. The van der Waals surface area contributed by atoms with Gasteiger partial charge in [0.15, 0.2) is 0 Å². The number of nitrogens with one attached hydrogen (secondary N) is 1. The minimum absolute atomic E-state index is 0.0650. The summed E-state index contributed by atoms with van der Waals surface area (Å²) >= 11 is 5.16. The molecule has 102 valence electrons. The minimum atomic E-state index is -0.523. The van der Waals surface area contributed by atoms with E-state index in [1.807, 2.05) is 0 Å². The van der Waals surface area contributed by atoms with E-state index in [0.717, 1.165) is 38.8 Å². The standard InChI is InChI=1S/C12H21N3O2S/c1-15-6-4-12(5-7-15,11(13)18)14-10(16)9-3-2-8-17-9/h9H,2-8H2,1H3,(H2,13,18)(H,14,16). The zero-order valence-corrected chi connectivity index (χ0v) is 11.6. The maximum absolute atomic E-state index is 12.1. The van der Waals surface area contributed by atoms with Crippen molar-refractivity contribution in [2.45, 2.75) is 37.3 Å². The van der Waals surface area contributed by atoms with E-state index in [9.17, 15) is 4.79 Å². The molecule has 1 amide bonds. The number of ether oxygens (including phenoxy) is 1. The van der Waals surface area contributed by atoms with Crippen LogP contribution in [0.15, 0.2) is 0 Å². The highest BCUT2D eigenvalue weighted by molar-refractivity contribution is 7.80. The Morgan fingerprint density at radius 2 is 2.17 bits per heavy atom. The summed E-state index contributed by atoms with van der Waals surface area (Å²) in [5.74, 6) is -0.0650. The van der Waals surface area contributed by atoms with Gasteiger partial charge >= 0.3 is 0 Å². The van der Waals surface area contributed by atoms with Crippen LogP contribution in [0.5, 0.6) is 0 Å². The minimum Gasteiger partial charge on any atom is -0.391 e. The molecule has 18 heavy (non-hydrogen) atoms. The number of rotatable bonds is 3. The van der Waals surface area contributed by atoms with Gasteiger partial charge in [0, 0.05) is 19.7 Å². The Morgan fingerprint density at radius 3 is 2.67 bits per heavy atom. The number of nitrogens with zero attached hydrogens (tertiary/aromatic N) is 1. The van der Waals surface area contributed by atoms with Gasteiger partial charge in [0.1, 0.15) is 6.10 Å². The van der Waals surface area contributed by atoms with Crippen LogP contribution in [-0.4, -0.2) is 54.2 Å². The molecule has 2 fully saturated rings. The monoisotopic (exact) mass is 271 g/mol. The van der Waals surface area contributed by atoms with Crippen molar-refractivity contribution < 1.29 is 9.53 Å². The summed E-state index contributed by atoms with van der Waals surface area (Å²) in [6, 6.07) is 0. The molecular formula is C12H21N3O2S. The molecular weight excluding hydrogens is 250 g/mol. The van der Waals surface area contributed by atoms with Crippen molar-refractivity contribution >= 4 is 23.1 Å². The van der Waals surface area contributed by atoms with Crippen molar-refractivity contribution in [2.24, 2.45) is 5.73 Å². The zero-order chi connectivity index (χ0) is 13.2. The molecule has 0 aromatic carbocycles. The van der Waals surface area contributed by atoms with E-state index in [-0.39, 0.29) is 12.0 Å². The first-order valence-electron chi connectivity index (χ1n) is 6.46. The second kappa shape index (κ2) is 5.50. The molecule has 2 heterocycles. The highest BCUT2D eigenvalue weighted by Gasteiger charge is 2.39. The van der Waals surface area contributed by atoms with Crippen molar-refractivity contribution in [3.63, 3.8) is 0 Å². The van der Waals surface area contributed by atoms with Crippen molar-refractivity contribution in [3.05, 3.63) is 0 Å². The lowest BCUT2D eigenvalue weighted by atomic mass is 9.87. The van der Waals surface area contributed by atoms with Crippen LogP contribution in [0, 0.1) is 0 Å². The van der Waals surface area contributed by atoms with Crippen molar-refractivity contribution in [3.8, 4) is 0 Å². The number of amides is 1. The Balaban J connectivity index is 2.01. The van der Waals surface area contributed by atoms with E-state index in [0.29, 0.717) is 11.6 Å². The summed E-state index contributed by atoms with van der Waals surface area (Å²) in [5.41, 5.74) is 5.33. The molecule has 5 nitrogen and oxygen atoms in total. The summed E-state index contributed by atoms with van der Waals surface area (Å²) < 4.78 is 5.40. The van der Waals surface area contributed by atoms with Crippen LogP contribution in [0.3, 0.4) is 0 Å². The van der Waals surface area contributed by atoms with E-state index >= 15 is 0 Å². The lowest BCUT2D eigenvalue weighted by Crippen LogP contribution is -2.62. The van der Waals surface area contributed by atoms with Crippen molar-refractivity contribution in [1.29, 1.82) is 0 Å². The summed E-state index contributed by atoms with van der Waals surface area (Å²) in [6.07, 6.45) is 2.96. The molecule has 0 saturated carbocycles. The first-order chi connectivity index (χ1) is 8.53. The zero-order valence-electron chi connectivity index (χ0n) is 10.8. The van der Waals surface area contributed by atoms with Gasteiger partial charge < -0.3 is 20.7 Å². The highest BCUT2D eigenvalue weighted by Crippen LogP contribution is 2.23. The number of hydrogen-bond acceptors (Lipinski definition) is 4. The fourth-order valence-corrected chi connectivity index (χ4v) is 2.79. The molecule has 0 radical (unpaired) electrons. The number of carbonyl (C=O) groups excluding carboxylic acids is 1. The van der Waals surface area contributed by atoms with Gasteiger partial charge in [-0.15, -0.1) is 0 Å². The Morgan fingerprint density at radius 1 is 1.50 bits per heavy atom. The smallest absolute Gasteiger partial charge is 0.249 e. The van der Waals surface area contributed by atoms with Gasteiger partial charge in [-0.25, -0.2) is 0 Å². The van der Waals surface area contributed by atoms with E-state index in [4.69, 9.17) is 22.7 Å². The van der Waals surface area contributed by atoms with Gasteiger partial charge in [0.25, 0.3) is 0 Å². The number of hydrogen-bond donors (Lipinski definition) is 2. The van der Waals surface area contributed by atoms with Crippen LogP contribution < -0.4 is 11.1 Å². The number of carbonyl (C=O) groups is 1. The fourth-order valence-electron chi connectivity index (χ4n) is 2.53. The molecule has 2 saturated heterocycles. The molecule has 1 unspecified atom stereocenters. The Bertz CT molecular complexity index is 334. The Labute approximate surface area is 113 Å². The van der Waals surface area contributed by atoms with Gasteiger partial charge in [-0.3, -0.25) is 4.79 Å². The molecule has 2 aliphatic rings. The van der Waals surface area contributed by atoms with Crippen LogP contribution in [0.25, 0.3) is 0 Å². The predicted octanol–water partition coefficient (Wildman–Crippen LogP) is 0.0321. The van der Waals surface area contributed by atoms with Crippen LogP contribution in [0.2, 0.25) is 0 Å². The Hall–Kier alpha value is -0.720. The number of likely N-dealkylation sites (tertiary alicyclic amines) is 1. The highest BCUT2D eigenvalue weighted by atomic mass is 32.1. The third kappa shape index (κ3) is 2.81. The third-order valence-electron chi connectivity index (χ3n) is 3.90. The maximum Gasteiger partial charge on any atom is 0.249 e. The predicted molar refractivity (Wildman–Crippen MR) is 73.4 cm³/mol. The largest absolute Gasteiger partial charge is 0.391 e. The summed E-state index contributed by atoms with van der Waals surface area (Å²) in [5, 5.41) is 3.04. The maximum atomic E-state index is 12.1. The van der Waals surface area contributed by atoms with Gasteiger partial charge in [0.05, 0.1) is 10.5 Å². The van der Waals surface area contributed by atoms with E-state index in [2.05, 4.69) is 17.3 Å². The topological polar surface area (TPSA) is 67.6 Å². The van der Waals surface area contributed by atoms with Crippen LogP contribution >= 0.6 is 12.2 Å². The normalized spacial score (nSPS) is 27.9. The molecule has 0 aromatic heterocycles. The SMILES string of the molecule is CN1CCC(NC(=O)C2CCCO2)(C(N)=S)CC1. The van der Waals surface area contributed by atoms with Gasteiger partial charge in [-0.1, -0.05) is 12.2 Å². The van der Waals surface area contributed by atoms with Crippen LogP contribution in [0.1, 0.15) is 25.7 Å². The second-order valence-corrected chi connectivity index (χ2v) is 5.68. The van der Waals surface area contributed by atoms with E-state index in [1.165, 1.54) is 0 Å². The lowest BCUT2D eigenvalue weighted by Gasteiger charge is -2.40. The first-order valence-corrected chi connectivity index (χ1v) is 6.86. The molecule has 6 heteroatoms. The molecule has 0 aliphatic carbocycles. The summed E-state index contributed by atoms with van der Waals surface area (Å²) in [7, 11) is 2.06. The number of nitrogens with two attached hydrogens (primary N) is 1. The van der Waals surface area contributed by atoms with Gasteiger partial charge in [0.2, 0.25) is 5.91 Å². The third-order valence-corrected chi connectivity index (χ3v) is 4.29. The molecule has 0 spiro atoms. The molecule has 1 atom stereocenters. The lowest BCUT2D eigenvalue weighted by molar-refractivity contribution is -0.131. The van der Waals surface area contributed by atoms with Gasteiger partial charge in [-0.2, -0.15) is 0 Å². The summed E-state index contributed by atoms with van der Waals surface area (Å²) in [6.45, 7) is 2.45. The number of thiocarbonyl (C=S) groups is 1. The average Bonchev–Trinajstić information content (AvgIpc) is 2.85. The summed E-state index contributed by atoms with van der Waals surface area (Å²) in [4.78, 5) is 14.7. The van der Waals surface area contributed by atoms with Gasteiger partial charge in [-0.05, 0) is 32.7 Å². The van der Waals surface area contributed by atoms with Crippen LogP contribution in [-0.2, 0) is 9.53 Å². The molecule has 0 aromatic rings. The Kier molecular flexibility index (Phi) is 4.19. The molecule has 2 rings (SSSR count). The molecule has 3 N–H and O–H groups in total.